The highest BCUT2D eigenvalue weighted by molar-refractivity contribution is 5.49. The summed E-state index contributed by atoms with van der Waals surface area (Å²) < 4.78 is 5.58. The van der Waals surface area contributed by atoms with E-state index in [1.54, 1.807) is 0 Å². The van der Waals surface area contributed by atoms with E-state index in [2.05, 4.69) is 23.5 Å². The van der Waals surface area contributed by atoms with Gasteiger partial charge in [-0.3, -0.25) is 0 Å². The highest BCUT2D eigenvalue weighted by Gasteiger charge is 2.46. The van der Waals surface area contributed by atoms with Crippen molar-refractivity contribution in [1.82, 2.24) is 0 Å². The van der Waals surface area contributed by atoms with Gasteiger partial charge in [-0.25, -0.2) is 0 Å². The Bertz CT molecular complexity index is 423. The molecule has 104 valence electrons. The number of anilines is 1. The molecule has 0 heterocycles. The van der Waals surface area contributed by atoms with Crippen molar-refractivity contribution in [2.24, 2.45) is 5.41 Å². The van der Waals surface area contributed by atoms with E-state index in [9.17, 15) is 0 Å². The van der Waals surface area contributed by atoms with E-state index < -0.39 is 0 Å². The predicted octanol–water partition coefficient (Wildman–Crippen LogP) is 4.61. The largest absolute Gasteiger partial charge is 0.494 e. The van der Waals surface area contributed by atoms with Gasteiger partial charge in [-0.15, -0.1) is 0 Å². The Balaban J connectivity index is 1.66. The first kappa shape index (κ1) is 12.8. The molecule has 0 radical (unpaired) electrons. The van der Waals surface area contributed by atoms with Gasteiger partial charge in [0.1, 0.15) is 5.75 Å². The summed E-state index contributed by atoms with van der Waals surface area (Å²) in [6, 6.07) is 9.10. The van der Waals surface area contributed by atoms with Crippen LogP contribution in [0.2, 0.25) is 0 Å². The van der Waals surface area contributed by atoms with E-state index in [-0.39, 0.29) is 0 Å². The zero-order chi connectivity index (χ0) is 13.1. The van der Waals surface area contributed by atoms with Crippen molar-refractivity contribution in [3.63, 3.8) is 0 Å². The SMILES string of the molecule is CCOc1cccc(NC2CCC23CCCCC3)c1. The van der Waals surface area contributed by atoms with Gasteiger partial charge in [0.15, 0.2) is 0 Å². The summed E-state index contributed by atoms with van der Waals surface area (Å²) in [5.74, 6) is 0.976. The van der Waals surface area contributed by atoms with E-state index in [0.29, 0.717) is 11.5 Å². The molecule has 1 spiro atoms. The van der Waals surface area contributed by atoms with Crippen LogP contribution in [-0.4, -0.2) is 12.6 Å². The second-order valence-corrected chi connectivity index (χ2v) is 6.12. The summed E-state index contributed by atoms with van der Waals surface area (Å²) in [5.41, 5.74) is 1.83. The van der Waals surface area contributed by atoms with E-state index >= 15 is 0 Å². The van der Waals surface area contributed by atoms with Crippen LogP contribution in [0.4, 0.5) is 5.69 Å². The van der Waals surface area contributed by atoms with Gasteiger partial charge >= 0.3 is 0 Å². The van der Waals surface area contributed by atoms with Crippen molar-refractivity contribution in [3.8, 4) is 5.75 Å². The fourth-order valence-corrected chi connectivity index (χ4v) is 3.82. The van der Waals surface area contributed by atoms with Gasteiger partial charge in [0.05, 0.1) is 6.61 Å². The number of rotatable bonds is 4. The molecule has 0 aromatic heterocycles. The topological polar surface area (TPSA) is 21.3 Å². The first-order valence-corrected chi connectivity index (χ1v) is 7.82. The van der Waals surface area contributed by atoms with Crippen LogP contribution >= 0.6 is 0 Å². The molecule has 0 saturated heterocycles. The molecular weight excluding hydrogens is 234 g/mol. The van der Waals surface area contributed by atoms with E-state index in [1.165, 1.54) is 50.6 Å². The zero-order valence-corrected chi connectivity index (χ0v) is 12.0. The van der Waals surface area contributed by atoms with Crippen LogP contribution in [0.1, 0.15) is 51.9 Å². The van der Waals surface area contributed by atoms with Crippen molar-refractivity contribution in [2.75, 3.05) is 11.9 Å². The maximum atomic E-state index is 5.58. The van der Waals surface area contributed by atoms with Crippen LogP contribution in [0.25, 0.3) is 0 Å². The second-order valence-electron chi connectivity index (χ2n) is 6.12. The molecule has 2 aliphatic rings. The van der Waals surface area contributed by atoms with Gasteiger partial charge in [0, 0.05) is 17.8 Å². The summed E-state index contributed by atoms with van der Waals surface area (Å²) in [6.07, 6.45) is 9.91. The predicted molar refractivity (Wildman–Crippen MR) is 79.8 cm³/mol. The molecule has 1 aromatic rings. The quantitative estimate of drug-likeness (QED) is 0.852. The molecule has 2 nitrogen and oxygen atoms in total. The Morgan fingerprint density at radius 1 is 1.21 bits per heavy atom. The normalized spacial score (nSPS) is 24.8. The maximum absolute atomic E-state index is 5.58. The van der Waals surface area contributed by atoms with Crippen LogP contribution < -0.4 is 10.1 Å². The van der Waals surface area contributed by atoms with Gasteiger partial charge in [-0.05, 0) is 50.2 Å². The average molecular weight is 259 g/mol. The highest BCUT2D eigenvalue weighted by atomic mass is 16.5. The summed E-state index contributed by atoms with van der Waals surface area (Å²) in [6.45, 7) is 2.76. The molecule has 1 unspecified atom stereocenters. The molecule has 0 amide bonds. The van der Waals surface area contributed by atoms with E-state index in [1.807, 2.05) is 13.0 Å². The Hall–Kier alpha value is -1.18. The lowest BCUT2D eigenvalue weighted by atomic mass is 9.57. The Morgan fingerprint density at radius 2 is 2.05 bits per heavy atom. The van der Waals surface area contributed by atoms with Crippen molar-refractivity contribution in [2.45, 2.75) is 57.9 Å². The second kappa shape index (κ2) is 5.44. The molecule has 0 bridgehead atoms. The third-order valence-corrected chi connectivity index (χ3v) is 5.01. The van der Waals surface area contributed by atoms with Crippen molar-refractivity contribution in [3.05, 3.63) is 24.3 Å². The number of nitrogens with one attached hydrogen (secondary N) is 1. The molecule has 2 saturated carbocycles. The number of hydrogen-bond acceptors (Lipinski definition) is 2. The lowest BCUT2D eigenvalue weighted by Crippen LogP contribution is -2.50. The standard InChI is InChI=1S/C17H25NO/c1-2-19-15-8-6-7-14(13-15)18-16-9-12-17(16)10-4-3-5-11-17/h6-8,13,16,18H,2-5,9-12H2,1H3. The summed E-state index contributed by atoms with van der Waals surface area (Å²) in [7, 11) is 0. The number of hydrogen-bond donors (Lipinski definition) is 1. The zero-order valence-electron chi connectivity index (χ0n) is 12.0. The molecule has 2 fully saturated rings. The summed E-state index contributed by atoms with van der Waals surface area (Å²) in [4.78, 5) is 0. The van der Waals surface area contributed by atoms with Crippen LogP contribution in [-0.2, 0) is 0 Å². The first-order valence-electron chi connectivity index (χ1n) is 7.82. The van der Waals surface area contributed by atoms with Crippen LogP contribution in [0, 0.1) is 5.41 Å². The van der Waals surface area contributed by atoms with Gasteiger partial charge < -0.3 is 10.1 Å². The lowest BCUT2D eigenvalue weighted by Gasteiger charge is -2.52. The van der Waals surface area contributed by atoms with Crippen molar-refractivity contribution in [1.29, 1.82) is 0 Å². The molecule has 2 aliphatic carbocycles. The molecule has 1 N–H and O–H groups in total. The molecule has 1 atom stereocenters. The molecular formula is C17H25NO. The molecule has 1 aromatic carbocycles. The smallest absolute Gasteiger partial charge is 0.121 e. The lowest BCUT2D eigenvalue weighted by molar-refractivity contribution is 0.0571. The molecule has 0 aliphatic heterocycles. The van der Waals surface area contributed by atoms with Crippen LogP contribution in [0.3, 0.4) is 0 Å². The Labute approximate surface area is 116 Å². The van der Waals surface area contributed by atoms with E-state index in [4.69, 9.17) is 4.74 Å². The van der Waals surface area contributed by atoms with E-state index in [0.717, 1.165) is 12.4 Å². The van der Waals surface area contributed by atoms with Gasteiger partial charge in [-0.1, -0.05) is 25.3 Å². The molecule has 19 heavy (non-hydrogen) atoms. The third-order valence-electron chi connectivity index (χ3n) is 5.01. The maximum Gasteiger partial charge on any atom is 0.121 e. The minimum atomic E-state index is 0.611. The first-order chi connectivity index (χ1) is 9.32. The molecule has 3 rings (SSSR count). The minimum absolute atomic E-state index is 0.611. The third kappa shape index (κ3) is 2.58. The van der Waals surface area contributed by atoms with Crippen molar-refractivity contribution < 1.29 is 4.74 Å². The highest BCUT2D eigenvalue weighted by Crippen LogP contribution is 2.52. The average Bonchev–Trinajstić information content (AvgIpc) is 2.45. The summed E-state index contributed by atoms with van der Waals surface area (Å²) >= 11 is 0. The number of ether oxygens (including phenoxy) is 1. The Kier molecular flexibility index (Phi) is 3.67. The van der Waals surface area contributed by atoms with Crippen molar-refractivity contribution >= 4 is 5.69 Å². The monoisotopic (exact) mass is 259 g/mol. The number of benzene rings is 1. The van der Waals surface area contributed by atoms with Gasteiger partial charge in [0.25, 0.3) is 0 Å². The fraction of sp³-hybridized carbons (Fsp3) is 0.647. The summed E-state index contributed by atoms with van der Waals surface area (Å²) in [5, 5.41) is 3.76. The Morgan fingerprint density at radius 3 is 2.74 bits per heavy atom. The molecule has 2 heteroatoms. The fourth-order valence-electron chi connectivity index (χ4n) is 3.82. The van der Waals surface area contributed by atoms with Gasteiger partial charge in [-0.2, -0.15) is 0 Å². The van der Waals surface area contributed by atoms with Gasteiger partial charge in [0.2, 0.25) is 0 Å². The van der Waals surface area contributed by atoms with Crippen LogP contribution in [0.5, 0.6) is 5.75 Å². The minimum Gasteiger partial charge on any atom is -0.494 e. The van der Waals surface area contributed by atoms with Crippen LogP contribution in [0.15, 0.2) is 24.3 Å².